The van der Waals surface area contributed by atoms with Crippen LogP contribution in [-0.2, 0) is 9.84 Å². The lowest BCUT2D eigenvalue weighted by Crippen LogP contribution is -2.41. The summed E-state index contributed by atoms with van der Waals surface area (Å²) in [5, 5.41) is 13.0. The van der Waals surface area contributed by atoms with Crippen LogP contribution in [0, 0.1) is 10.1 Å². The van der Waals surface area contributed by atoms with Gasteiger partial charge in [-0.05, 0) is 61.7 Å². The van der Waals surface area contributed by atoms with Gasteiger partial charge in [-0.2, -0.15) is 0 Å². The second-order valence-corrected chi connectivity index (χ2v) is 10.4. The zero-order chi connectivity index (χ0) is 21.8. The highest BCUT2D eigenvalue weighted by atomic mass is 32.2. The first-order valence-corrected chi connectivity index (χ1v) is 12.8. The van der Waals surface area contributed by atoms with Gasteiger partial charge in [0, 0.05) is 23.3 Å². The molecule has 0 saturated heterocycles. The van der Waals surface area contributed by atoms with Gasteiger partial charge in [0.1, 0.15) is 6.04 Å². The summed E-state index contributed by atoms with van der Waals surface area (Å²) in [6.45, 7) is 0. The number of H-pyrrole nitrogens is 1. The Labute approximate surface area is 185 Å². The van der Waals surface area contributed by atoms with Crippen molar-refractivity contribution >= 4 is 38.3 Å². The van der Waals surface area contributed by atoms with Gasteiger partial charge in [-0.15, -0.1) is 0 Å². The standard InChI is InChI=1S/C22H23N3O4S2/c26-25(27)18-11-13-19(14-12-18)31(28,29)16-6-15-30-22-23-20-9-4-5-10-21(20)24(22)17-7-2-1-3-8-17/h4-6,9-14,16-17H,1-3,7-8,15H2/p+1. The van der Waals surface area contributed by atoms with Crippen molar-refractivity contribution in [2.24, 2.45) is 0 Å². The monoisotopic (exact) mass is 458 g/mol. The first-order chi connectivity index (χ1) is 15.0. The first kappa shape index (κ1) is 21.6. The number of imidazole rings is 1. The third-order valence-corrected chi connectivity index (χ3v) is 7.94. The third kappa shape index (κ3) is 4.83. The Morgan fingerprint density at radius 1 is 1.10 bits per heavy atom. The molecule has 2 aromatic carbocycles. The van der Waals surface area contributed by atoms with E-state index in [1.54, 1.807) is 17.8 Å². The molecule has 0 unspecified atom stereocenters. The summed E-state index contributed by atoms with van der Waals surface area (Å²) in [6.07, 6.45) is 7.68. The molecule has 1 aliphatic carbocycles. The van der Waals surface area contributed by atoms with Crippen molar-refractivity contribution in [1.82, 2.24) is 4.98 Å². The Kier molecular flexibility index (Phi) is 6.43. The Morgan fingerprint density at radius 3 is 2.52 bits per heavy atom. The summed E-state index contributed by atoms with van der Waals surface area (Å²) >= 11 is 1.58. The van der Waals surface area contributed by atoms with E-state index in [4.69, 9.17) is 0 Å². The van der Waals surface area contributed by atoms with Crippen molar-refractivity contribution in [2.45, 2.75) is 48.2 Å². The van der Waals surface area contributed by atoms with Gasteiger partial charge < -0.3 is 0 Å². The lowest BCUT2D eigenvalue weighted by Gasteiger charge is -2.20. The molecule has 3 aromatic rings. The molecule has 1 saturated carbocycles. The molecule has 0 spiro atoms. The molecule has 1 aliphatic rings. The van der Waals surface area contributed by atoms with Gasteiger partial charge in [0.25, 0.3) is 5.69 Å². The number of nitro groups is 1. The SMILES string of the molecule is O=[N+]([O-])c1ccc(S(=O)(=O)C=CCSc2[nH]c3ccccc3[n+]2C2CCCCC2)cc1. The maximum Gasteiger partial charge on any atom is 0.317 e. The topological polar surface area (TPSA) is 96.9 Å². The van der Waals surface area contributed by atoms with Crippen LogP contribution >= 0.6 is 11.8 Å². The fraction of sp³-hybridized carbons (Fsp3) is 0.318. The molecule has 162 valence electrons. The number of nitro benzene ring substituents is 1. The zero-order valence-corrected chi connectivity index (χ0v) is 18.6. The molecule has 1 aromatic heterocycles. The van der Waals surface area contributed by atoms with Gasteiger partial charge in [0.2, 0.25) is 0 Å². The second-order valence-electron chi connectivity index (χ2n) is 7.59. The summed E-state index contributed by atoms with van der Waals surface area (Å²) in [4.78, 5) is 13.7. The third-order valence-electron chi connectivity index (χ3n) is 5.53. The Balaban J connectivity index is 1.50. The van der Waals surface area contributed by atoms with Gasteiger partial charge in [0.05, 0.1) is 9.82 Å². The van der Waals surface area contributed by atoms with E-state index in [9.17, 15) is 18.5 Å². The van der Waals surface area contributed by atoms with Crippen LogP contribution in [-0.4, -0.2) is 24.1 Å². The van der Waals surface area contributed by atoms with E-state index in [1.165, 1.54) is 54.5 Å². The molecule has 0 atom stereocenters. The fourth-order valence-electron chi connectivity index (χ4n) is 4.01. The largest absolute Gasteiger partial charge is 0.317 e. The molecule has 0 aliphatic heterocycles. The first-order valence-electron chi connectivity index (χ1n) is 10.3. The van der Waals surface area contributed by atoms with Crippen molar-refractivity contribution in [3.63, 3.8) is 0 Å². The van der Waals surface area contributed by atoms with Crippen molar-refractivity contribution in [1.29, 1.82) is 0 Å². The van der Waals surface area contributed by atoms with Crippen LogP contribution in [0.3, 0.4) is 0 Å². The molecule has 31 heavy (non-hydrogen) atoms. The Bertz CT molecular complexity index is 1210. The molecule has 0 bridgehead atoms. The highest BCUT2D eigenvalue weighted by molar-refractivity contribution is 7.99. The van der Waals surface area contributed by atoms with Gasteiger partial charge in [-0.3, -0.25) is 10.1 Å². The van der Waals surface area contributed by atoms with E-state index in [-0.39, 0.29) is 10.6 Å². The van der Waals surface area contributed by atoms with Gasteiger partial charge in [-0.1, -0.05) is 24.6 Å². The number of aromatic amines is 1. The van der Waals surface area contributed by atoms with E-state index in [0.717, 1.165) is 23.5 Å². The summed E-state index contributed by atoms with van der Waals surface area (Å²) in [6, 6.07) is 13.6. The molecular formula is C22H24N3O4S2+. The van der Waals surface area contributed by atoms with Crippen molar-refractivity contribution in [2.75, 3.05) is 5.75 Å². The number of rotatable bonds is 7. The number of thioether (sulfide) groups is 1. The number of fused-ring (bicyclic) bond motifs is 1. The van der Waals surface area contributed by atoms with Gasteiger partial charge in [-0.25, -0.2) is 18.0 Å². The maximum absolute atomic E-state index is 12.5. The van der Waals surface area contributed by atoms with Crippen LogP contribution in [0.15, 0.2) is 70.1 Å². The van der Waals surface area contributed by atoms with Crippen LogP contribution < -0.4 is 4.57 Å². The number of sulfone groups is 1. The van der Waals surface area contributed by atoms with Crippen LogP contribution in [0.5, 0.6) is 0 Å². The fourth-order valence-corrected chi connectivity index (χ4v) is 6.07. The molecule has 4 rings (SSSR count). The number of nitrogens with one attached hydrogen (secondary N) is 1. The average Bonchev–Trinajstić information content (AvgIpc) is 3.15. The molecule has 0 amide bonds. The van der Waals surface area contributed by atoms with E-state index in [0.29, 0.717) is 11.8 Å². The number of benzene rings is 2. The molecule has 1 heterocycles. The van der Waals surface area contributed by atoms with Crippen molar-refractivity contribution in [3.05, 3.63) is 70.1 Å². The maximum atomic E-state index is 12.5. The van der Waals surface area contributed by atoms with Gasteiger partial charge >= 0.3 is 5.16 Å². The quantitative estimate of drug-likeness (QED) is 0.234. The second kappa shape index (κ2) is 9.23. The minimum atomic E-state index is -3.65. The minimum Gasteiger partial charge on any atom is -0.258 e. The molecule has 0 radical (unpaired) electrons. The Morgan fingerprint density at radius 2 is 1.81 bits per heavy atom. The molecule has 1 N–H and O–H groups in total. The average molecular weight is 459 g/mol. The summed E-state index contributed by atoms with van der Waals surface area (Å²) in [5.41, 5.74) is 2.13. The molecule has 1 fully saturated rings. The number of hydrogen-bond donors (Lipinski definition) is 1. The van der Waals surface area contributed by atoms with Crippen LogP contribution in [0.25, 0.3) is 11.0 Å². The lowest BCUT2D eigenvalue weighted by atomic mass is 9.95. The van der Waals surface area contributed by atoms with E-state index >= 15 is 0 Å². The van der Waals surface area contributed by atoms with E-state index < -0.39 is 14.8 Å². The number of hydrogen-bond acceptors (Lipinski definition) is 5. The number of aromatic nitrogens is 2. The molecule has 7 nitrogen and oxygen atoms in total. The number of non-ortho nitro benzene ring substituents is 1. The van der Waals surface area contributed by atoms with E-state index in [2.05, 4.69) is 21.7 Å². The Hall–Kier alpha value is -2.65. The molecular weight excluding hydrogens is 434 g/mol. The van der Waals surface area contributed by atoms with Gasteiger partial charge in [0.15, 0.2) is 20.9 Å². The summed E-state index contributed by atoms with van der Waals surface area (Å²) in [5.74, 6) is 0.492. The van der Waals surface area contributed by atoms with Crippen molar-refractivity contribution < 1.29 is 17.9 Å². The highest BCUT2D eigenvalue weighted by Crippen LogP contribution is 2.29. The normalized spacial score (nSPS) is 15.6. The summed E-state index contributed by atoms with van der Waals surface area (Å²) < 4.78 is 27.4. The summed E-state index contributed by atoms with van der Waals surface area (Å²) in [7, 11) is -3.65. The highest BCUT2D eigenvalue weighted by Gasteiger charge is 2.27. The predicted octanol–water partition coefficient (Wildman–Crippen LogP) is 4.95. The van der Waals surface area contributed by atoms with Crippen molar-refractivity contribution in [3.8, 4) is 0 Å². The van der Waals surface area contributed by atoms with Crippen LogP contribution in [0.4, 0.5) is 5.69 Å². The predicted molar refractivity (Wildman–Crippen MR) is 121 cm³/mol. The lowest BCUT2D eigenvalue weighted by molar-refractivity contribution is -0.736. The minimum absolute atomic E-state index is 0.0437. The number of para-hydroxylation sites is 2. The van der Waals surface area contributed by atoms with Crippen LogP contribution in [0.1, 0.15) is 38.1 Å². The van der Waals surface area contributed by atoms with E-state index in [1.807, 2.05) is 12.1 Å². The molecule has 9 heteroatoms. The number of nitrogens with zero attached hydrogens (tertiary/aromatic N) is 2. The smallest absolute Gasteiger partial charge is 0.258 e. The van der Waals surface area contributed by atoms with Crippen LogP contribution in [0.2, 0.25) is 0 Å². The zero-order valence-electron chi connectivity index (χ0n) is 16.9.